The Morgan fingerprint density at radius 3 is 2.21 bits per heavy atom. The first-order chi connectivity index (χ1) is 9.26. The summed E-state index contributed by atoms with van der Waals surface area (Å²) in [6.07, 6.45) is 11.4. The predicted octanol–water partition coefficient (Wildman–Crippen LogP) is 2.11. The summed E-state index contributed by atoms with van der Waals surface area (Å²) in [5, 5.41) is 17.7. The fourth-order valence-corrected chi connectivity index (χ4v) is 1.94. The lowest BCUT2D eigenvalue weighted by molar-refractivity contribution is -0.132. The van der Waals surface area contributed by atoms with E-state index in [2.05, 4.69) is 19.1 Å². The number of allylic oxidation sites excluding steroid dienone is 2. The summed E-state index contributed by atoms with van der Waals surface area (Å²) in [7, 11) is 0. The SMILES string of the molecule is CC/C=C/CCCCCCC(=O)N(CCO)CCO. The van der Waals surface area contributed by atoms with E-state index in [0.29, 0.717) is 19.5 Å². The molecule has 0 aliphatic rings. The highest BCUT2D eigenvalue weighted by molar-refractivity contribution is 5.76. The molecule has 1 amide bonds. The van der Waals surface area contributed by atoms with E-state index in [0.717, 1.165) is 32.1 Å². The second-order valence-corrected chi connectivity index (χ2v) is 4.66. The van der Waals surface area contributed by atoms with E-state index in [-0.39, 0.29) is 19.1 Å². The van der Waals surface area contributed by atoms with Gasteiger partial charge in [0, 0.05) is 19.5 Å². The van der Waals surface area contributed by atoms with Crippen LogP contribution in [0.3, 0.4) is 0 Å². The molecule has 0 aromatic carbocycles. The highest BCUT2D eigenvalue weighted by Crippen LogP contribution is 2.07. The van der Waals surface area contributed by atoms with Crippen LogP contribution in [0.25, 0.3) is 0 Å². The van der Waals surface area contributed by atoms with Crippen LogP contribution in [0.1, 0.15) is 51.9 Å². The standard InChI is InChI=1S/C15H29NO3/c1-2-3-4-5-6-7-8-9-10-15(19)16(11-13-17)12-14-18/h3-4,17-18H,2,5-14H2,1H3/b4-3+. The van der Waals surface area contributed by atoms with Crippen LogP contribution in [0.15, 0.2) is 12.2 Å². The number of aliphatic hydroxyl groups is 2. The van der Waals surface area contributed by atoms with E-state index in [4.69, 9.17) is 10.2 Å². The molecule has 0 aromatic rings. The van der Waals surface area contributed by atoms with Crippen molar-refractivity contribution in [3.8, 4) is 0 Å². The van der Waals surface area contributed by atoms with E-state index in [9.17, 15) is 4.79 Å². The fraction of sp³-hybridized carbons (Fsp3) is 0.800. The molecule has 0 rings (SSSR count). The van der Waals surface area contributed by atoms with Crippen LogP contribution in [0, 0.1) is 0 Å². The maximum atomic E-state index is 11.8. The summed E-state index contributed by atoms with van der Waals surface area (Å²) in [6, 6.07) is 0. The van der Waals surface area contributed by atoms with Gasteiger partial charge in [0.15, 0.2) is 0 Å². The number of nitrogens with zero attached hydrogens (tertiary/aromatic N) is 1. The number of carbonyl (C=O) groups excluding carboxylic acids is 1. The second-order valence-electron chi connectivity index (χ2n) is 4.66. The van der Waals surface area contributed by atoms with Crippen LogP contribution >= 0.6 is 0 Å². The molecule has 0 saturated carbocycles. The van der Waals surface area contributed by atoms with Crippen LogP contribution in [0.5, 0.6) is 0 Å². The van der Waals surface area contributed by atoms with Crippen molar-refractivity contribution in [3.63, 3.8) is 0 Å². The maximum Gasteiger partial charge on any atom is 0.222 e. The van der Waals surface area contributed by atoms with E-state index in [1.807, 2.05) is 0 Å². The van der Waals surface area contributed by atoms with Crippen LogP contribution < -0.4 is 0 Å². The highest BCUT2D eigenvalue weighted by atomic mass is 16.3. The Bertz CT molecular complexity index is 236. The highest BCUT2D eigenvalue weighted by Gasteiger charge is 2.11. The van der Waals surface area contributed by atoms with Crippen molar-refractivity contribution in [3.05, 3.63) is 12.2 Å². The topological polar surface area (TPSA) is 60.8 Å². The van der Waals surface area contributed by atoms with Crippen molar-refractivity contribution in [2.75, 3.05) is 26.3 Å². The average molecular weight is 271 g/mol. The van der Waals surface area contributed by atoms with E-state index in [1.54, 1.807) is 0 Å². The molecule has 0 aliphatic heterocycles. The minimum Gasteiger partial charge on any atom is -0.395 e. The van der Waals surface area contributed by atoms with Gasteiger partial charge in [-0.15, -0.1) is 0 Å². The Balaban J connectivity index is 3.57. The minimum atomic E-state index is -0.0461. The summed E-state index contributed by atoms with van der Waals surface area (Å²) in [5.74, 6) is 0.0361. The molecule has 0 radical (unpaired) electrons. The molecule has 19 heavy (non-hydrogen) atoms. The molecule has 0 saturated heterocycles. The smallest absolute Gasteiger partial charge is 0.222 e. The molecule has 4 heteroatoms. The third-order valence-electron chi connectivity index (χ3n) is 3.01. The molecule has 2 N–H and O–H groups in total. The second kappa shape index (κ2) is 13.6. The zero-order valence-corrected chi connectivity index (χ0v) is 12.2. The van der Waals surface area contributed by atoms with Gasteiger partial charge in [-0.3, -0.25) is 4.79 Å². The summed E-state index contributed by atoms with van der Waals surface area (Å²) >= 11 is 0. The van der Waals surface area contributed by atoms with Gasteiger partial charge in [0.2, 0.25) is 5.91 Å². The molecule has 0 spiro atoms. The first-order valence-electron chi connectivity index (χ1n) is 7.40. The lowest BCUT2D eigenvalue weighted by atomic mass is 10.1. The third-order valence-corrected chi connectivity index (χ3v) is 3.01. The summed E-state index contributed by atoms with van der Waals surface area (Å²) in [4.78, 5) is 13.3. The average Bonchev–Trinajstić information content (AvgIpc) is 2.41. The maximum absolute atomic E-state index is 11.8. The van der Waals surface area contributed by atoms with Gasteiger partial charge in [-0.05, 0) is 25.7 Å². The summed E-state index contributed by atoms with van der Waals surface area (Å²) < 4.78 is 0. The Hall–Kier alpha value is -0.870. The van der Waals surface area contributed by atoms with E-state index < -0.39 is 0 Å². The Labute approximate surface area is 117 Å². The molecule has 0 fully saturated rings. The molecule has 0 bridgehead atoms. The third kappa shape index (κ3) is 10.7. The van der Waals surface area contributed by atoms with Gasteiger partial charge < -0.3 is 15.1 Å². The van der Waals surface area contributed by atoms with Crippen LogP contribution in [-0.4, -0.2) is 47.3 Å². The van der Waals surface area contributed by atoms with Gasteiger partial charge >= 0.3 is 0 Å². The van der Waals surface area contributed by atoms with Crippen LogP contribution in [0.4, 0.5) is 0 Å². The first kappa shape index (κ1) is 18.1. The number of hydrogen-bond donors (Lipinski definition) is 2. The molecule has 0 atom stereocenters. The molecule has 4 nitrogen and oxygen atoms in total. The summed E-state index contributed by atoms with van der Waals surface area (Å²) in [5.41, 5.74) is 0. The summed E-state index contributed by atoms with van der Waals surface area (Å²) in [6.45, 7) is 2.68. The van der Waals surface area contributed by atoms with Crippen molar-refractivity contribution in [1.29, 1.82) is 0 Å². The number of aliphatic hydroxyl groups excluding tert-OH is 2. The van der Waals surface area contributed by atoms with Crippen molar-refractivity contribution in [2.45, 2.75) is 51.9 Å². The number of carbonyl (C=O) groups is 1. The number of unbranched alkanes of at least 4 members (excludes halogenated alkanes) is 4. The molecular formula is C15H29NO3. The van der Waals surface area contributed by atoms with Crippen molar-refractivity contribution >= 4 is 5.91 Å². The zero-order chi connectivity index (χ0) is 14.3. The van der Waals surface area contributed by atoms with Gasteiger partial charge in [0.05, 0.1) is 13.2 Å². The molecular weight excluding hydrogens is 242 g/mol. The molecule has 0 heterocycles. The van der Waals surface area contributed by atoms with Crippen molar-refractivity contribution in [2.24, 2.45) is 0 Å². The Morgan fingerprint density at radius 2 is 1.63 bits per heavy atom. The van der Waals surface area contributed by atoms with Gasteiger partial charge in [0.25, 0.3) is 0 Å². The Morgan fingerprint density at radius 1 is 1.00 bits per heavy atom. The molecule has 0 unspecified atom stereocenters. The largest absolute Gasteiger partial charge is 0.395 e. The molecule has 112 valence electrons. The van der Waals surface area contributed by atoms with Gasteiger partial charge in [-0.25, -0.2) is 0 Å². The number of hydrogen-bond acceptors (Lipinski definition) is 3. The van der Waals surface area contributed by atoms with E-state index >= 15 is 0 Å². The first-order valence-corrected chi connectivity index (χ1v) is 7.40. The monoisotopic (exact) mass is 271 g/mol. The van der Waals surface area contributed by atoms with Gasteiger partial charge in [0.1, 0.15) is 0 Å². The number of amides is 1. The molecule has 0 aliphatic carbocycles. The van der Waals surface area contributed by atoms with Gasteiger partial charge in [-0.2, -0.15) is 0 Å². The van der Waals surface area contributed by atoms with Crippen molar-refractivity contribution < 1.29 is 15.0 Å². The Kier molecular flexibility index (Phi) is 12.9. The number of rotatable bonds is 12. The minimum absolute atomic E-state index is 0.0361. The lowest BCUT2D eigenvalue weighted by Crippen LogP contribution is -2.35. The lowest BCUT2D eigenvalue weighted by Gasteiger charge is -2.20. The normalized spacial score (nSPS) is 11.1. The van der Waals surface area contributed by atoms with Crippen LogP contribution in [0.2, 0.25) is 0 Å². The zero-order valence-electron chi connectivity index (χ0n) is 12.2. The molecule has 0 aromatic heterocycles. The van der Waals surface area contributed by atoms with Crippen molar-refractivity contribution in [1.82, 2.24) is 4.90 Å². The quantitative estimate of drug-likeness (QED) is 0.422. The fourth-order valence-electron chi connectivity index (χ4n) is 1.94. The predicted molar refractivity (Wildman–Crippen MR) is 77.9 cm³/mol. The van der Waals surface area contributed by atoms with Gasteiger partial charge in [-0.1, -0.05) is 31.9 Å². The van der Waals surface area contributed by atoms with E-state index in [1.165, 1.54) is 11.3 Å². The van der Waals surface area contributed by atoms with Crippen LogP contribution in [-0.2, 0) is 4.79 Å².